The van der Waals surface area contributed by atoms with E-state index in [-0.39, 0.29) is 0 Å². The molecular weight excluding hydrogens is 224 g/mol. The molecule has 2 fully saturated rings. The molecule has 0 aromatic heterocycles. The first-order chi connectivity index (χ1) is 8.72. The molecule has 0 radical (unpaired) electrons. The van der Waals surface area contributed by atoms with Gasteiger partial charge in [0.05, 0.1) is 6.10 Å². The Morgan fingerprint density at radius 3 is 2.89 bits per heavy atom. The summed E-state index contributed by atoms with van der Waals surface area (Å²) in [6, 6.07) is 1.62. The molecule has 4 atom stereocenters. The van der Waals surface area contributed by atoms with Crippen molar-refractivity contribution in [3.63, 3.8) is 0 Å². The summed E-state index contributed by atoms with van der Waals surface area (Å²) >= 11 is 0. The van der Waals surface area contributed by atoms with Gasteiger partial charge < -0.3 is 10.5 Å². The monoisotopic (exact) mass is 254 g/mol. The van der Waals surface area contributed by atoms with Crippen LogP contribution in [-0.2, 0) is 4.74 Å². The second kappa shape index (κ2) is 6.88. The van der Waals surface area contributed by atoms with E-state index < -0.39 is 0 Å². The minimum absolute atomic E-state index is 0.303. The zero-order valence-corrected chi connectivity index (χ0v) is 12.1. The molecule has 4 unspecified atom stereocenters. The first-order valence-electron chi connectivity index (χ1n) is 7.85. The van der Waals surface area contributed by atoms with Gasteiger partial charge in [-0.1, -0.05) is 19.8 Å². The van der Waals surface area contributed by atoms with Gasteiger partial charge in [-0.25, -0.2) is 0 Å². The lowest BCUT2D eigenvalue weighted by molar-refractivity contribution is -0.0486. The molecule has 0 aromatic rings. The third kappa shape index (κ3) is 3.46. The van der Waals surface area contributed by atoms with E-state index in [2.05, 4.69) is 18.7 Å². The Bertz CT molecular complexity index is 243. The Morgan fingerprint density at radius 2 is 2.17 bits per heavy atom. The van der Waals surface area contributed by atoms with Crippen LogP contribution in [0.4, 0.5) is 0 Å². The second-order valence-electron chi connectivity index (χ2n) is 6.12. The molecule has 18 heavy (non-hydrogen) atoms. The van der Waals surface area contributed by atoms with E-state index >= 15 is 0 Å². The van der Waals surface area contributed by atoms with Crippen molar-refractivity contribution < 1.29 is 4.74 Å². The third-order valence-electron chi connectivity index (χ3n) is 4.62. The van der Waals surface area contributed by atoms with Crippen molar-refractivity contribution in [1.82, 2.24) is 4.90 Å². The van der Waals surface area contributed by atoms with E-state index in [0.717, 1.165) is 6.61 Å². The topological polar surface area (TPSA) is 38.5 Å². The number of hydrogen-bond donors (Lipinski definition) is 1. The van der Waals surface area contributed by atoms with Gasteiger partial charge in [0.25, 0.3) is 0 Å². The maximum absolute atomic E-state index is 6.18. The molecule has 3 heteroatoms. The molecule has 0 amide bonds. The van der Waals surface area contributed by atoms with Crippen LogP contribution in [0.1, 0.15) is 58.8 Å². The Balaban J connectivity index is 1.95. The predicted octanol–water partition coefficient (Wildman–Crippen LogP) is 2.54. The quantitative estimate of drug-likeness (QED) is 0.838. The average Bonchev–Trinajstić information content (AvgIpc) is 2.39. The van der Waals surface area contributed by atoms with E-state index in [9.17, 15) is 0 Å². The van der Waals surface area contributed by atoms with Gasteiger partial charge in [0, 0.05) is 24.7 Å². The van der Waals surface area contributed by atoms with Crippen LogP contribution in [0.25, 0.3) is 0 Å². The summed E-state index contributed by atoms with van der Waals surface area (Å²) in [4.78, 5) is 2.71. The number of piperidine rings is 1. The van der Waals surface area contributed by atoms with Crippen molar-refractivity contribution in [3.8, 4) is 0 Å². The summed E-state index contributed by atoms with van der Waals surface area (Å²) in [6.45, 7) is 6.61. The van der Waals surface area contributed by atoms with Gasteiger partial charge in [0.15, 0.2) is 0 Å². The van der Waals surface area contributed by atoms with Crippen LogP contribution in [0.3, 0.4) is 0 Å². The van der Waals surface area contributed by atoms with E-state index in [4.69, 9.17) is 10.5 Å². The predicted molar refractivity (Wildman–Crippen MR) is 75.7 cm³/mol. The normalized spacial score (nSPS) is 36.5. The van der Waals surface area contributed by atoms with E-state index in [1.807, 2.05) is 0 Å². The fourth-order valence-corrected chi connectivity index (χ4v) is 3.68. The molecule has 0 aromatic carbocycles. The Kier molecular flexibility index (Phi) is 5.46. The van der Waals surface area contributed by atoms with E-state index in [1.165, 1.54) is 51.5 Å². The van der Waals surface area contributed by atoms with Crippen LogP contribution in [-0.4, -0.2) is 42.3 Å². The van der Waals surface area contributed by atoms with Crippen LogP contribution in [0.2, 0.25) is 0 Å². The SMILES string of the molecule is CCCC1CC(N2CCCCC2C(C)N)CCO1. The molecular formula is C15H30N2O. The number of rotatable bonds is 4. The van der Waals surface area contributed by atoms with Crippen molar-refractivity contribution >= 4 is 0 Å². The lowest BCUT2D eigenvalue weighted by Crippen LogP contribution is -2.55. The largest absolute Gasteiger partial charge is 0.378 e. The summed E-state index contributed by atoms with van der Waals surface area (Å²) in [5.74, 6) is 0. The zero-order chi connectivity index (χ0) is 13.0. The van der Waals surface area contributed by atoms with Crippen molar-refractivity contribution in [2.75, 3.05) is 13.2 Å². The number of likely N-dealkylation sites (tertiary alicyclic amines) is 1. The van der Waals surface area contributed by atoms with Gasteiger partial charge in [-0.05, 0) is 45.6 Å². The summed E-state index contributed by atoms with van der Waals surface area (Å²) in [6.07, 6.45) is 9.34. The van der Waals surface area contributed by atoms with Crippen LogP contribution >= 0.6 is 0 Å². The summed E-state index contributed by atoms with van der Waals surface area (Å²) in [5, 5.41) is 0. The van der Waals surface area contributed by atoms with Crippen molar-refractivity contribution in [3.05, 3.63) is 0 Å². The fourth-order valence-electron chi connectivity index (χ4n) is 3.68. The highest BCUT2D eigenvalue weighted by molar-refractivity contribution is 4.89. The molecule has 0 saturated carbocycles. The first kappa shape index (κ1) is 14.3. The minimum atomic E-state index is 0.303. The summed E-state index contributed by atoms with van der Waals surface area (Å²) in [5.41, 5.74) is 6.18. The van der Waals surface area contributed by atoms with Gasteiger partial charge >= 0.3 is 0 Å². The van der Waals surface area contributed by atoms with Crippen LogP contribution in [0.15, 0.2) is 0 Å². The van der Waals surface area contributed by atoms with Crippen LogP contribution in [0.5, 0.6) is 0 Å². The molecule has 106 valence electrons. The Labute approximate surface area is 112 Å². The van der Waals surface area contributed by atoms with Gasteiger partial charge in [-0.3, -0.25) is 4.90 Å². The number of nitrogens with zero attached hydrogens (tertiary/aromatic N) is 1. The molecule has 2 rings (SSSR count). The van der Waals surface area contributed by atoms with Crippen molar-refractivity contribution in [2.24, 2.45) is 5.73 Å². The summed E-state index contributed by atoms with van der Waals surface area (Å²) in [7, 11) is 0. The molecule has 3 nitrogen and oxygen atoms in total. The van der Waals surface area contributed by atoms with Gasteiger partial charge in [0.2, 0.25) is 0 Å². The lowest BCUT2D eigenvalue weighted by atomic mass is 9.91. The van der Waals surface area contributed by atoms with Crippen LogP contribution in [0, 0.1) is 0 Å². The minimum Gasteiger partial charge on any atom is -0.378 e. The molecule has 2 saturated heterocycles. The third-order valence-corrected chi connectivity index (χ3v) is 4.62. The van der Waals surface area contributed by atoms with Gasteiger partial charge in [-0.2, -0.15) is 0 Å². The molecule has 0 aliphatic carbocycles. The Morgan fingerprint density at radius 1 is 1.33 bits per heavy atom. The van der Waals surface area contributed by atoms with Gasteiger partial charge in [-0.15, -0.1) is 0 Å². The standard InChI is InChI=1S/C15H30N2O/c1-3-6-14-11-13(8-10-18-14)17-9-5-4-7-15(17)12(2)16/h12-15H,3-11,16H2,1-2H3. The van der Waals surface area contributed by atoms with E-state index in [1.54, 1.807) is 0 Å². The maximum atomic E-state index is 6.18. The number of hydrogen-bond acceptors (Lipinski definition) is 3. The molecule has 0 spiro atoms. The zero-order valence-electron chi connectivity index (χ0n) is 12.1. The average molecular weight is 254 g/mol. The smallest absolute Gasteiger partial charge is 0.0590 e. The molecule has 0 bridgehead atoms. The lowest BCUT2D eigenvalue weighted by Gasteiger charge is -2.45. The van der Waals surface area contributed by atoms with Gasteiger partial charge in [0.1, 0.15) is 0 Å². The molecule has 2 aliphatic heterocycles. The summed E-state index contributed by atoms with van der Waals surface area (Å²) < 4.78 is 5.88. The van der Waals surface area contributed by atoms with Crippen LogP contribution < -0.4 is 5.73 Å². The van der Waals surface area contributed by atoms with E-state index in [0.29, 0.717) is 24.2 Å². The maximum Gasteiger partial charge on any atom is 0.0590 e. The second-order valence-corrected chi connectivity index (χ2v) is 6.12. The molecule has 2 heterocycles. The highest BCUT2D eigenvalue weighted by Crippen LogP contribution is 2.28. The van der Waals surface area contributed by atoms with Crippen molar-refractivity contribution in [1.29, 1.82) is 0 Å². The molecule has 2 N–H and O–H groups in total. The first-order valence-corrected chi connectivity index (χ1v) is 7.85. The number of ether oxygens (including phenoxy) is 1. The highest BCUT2D eigenvalue weighted by Gasteiger charge is 2.34. The highest BCUT2D eigenvalue weighted by atomic mass is 16.5. The fraction of sp³-hybridized carbons (Fsp3) is 1.00. The Hall–Kier alpha value is -0.120. The molecule has 2 aliphatic rings. The van der Waals surface area contributed by atoms with Crippen molar-refractivity contribution in [2.45, 2.75) is 83.0 Å². The number of nitrogens with two attached hydrogens (primary N) is 1.